The molecule has 0 rings (SSSR count). The van der Waals surface area contributed by atoms with Crippen molar-refractivity contribution >= 4 is 10.1 Å². The van der Waals surface area contributed by atoms with Crippen LogP contribution in [0.3, 0.4) is 0 Å². The van der Waals surface area contributed by atoms with Crippen LogP contribution in [-0.2, 0) is 14.9 Å². The van der Waals surface area contributed by atoms with Crippen molar-refractivity contribution in [1.29, 1.82) is 0 Å². The van der Waals surface area contributed by atoms with Crippen molar-refractivity contribution < 1.29 is 17.7 Å². The number of hydrogen-bond donors (Lipinski definition) is 1. The predicted octanol–water partition coefficient (Wildman–Crippen LogP) is 2.11. The van der Waals surface area contributed by atoms with Crippen molar-refractivity contribution in [2.24, 2.45) is 0 Å². The van der Waals surface area contributed by atoms with Crippen molar-refractivity contribution in [3.63, 3.8) is 0 Å². The summed E-state index contributed by atoms with van der Waals surface area (Å²) in [5.41, 5.74) is 0. The van der Waals surface area contributed by atoms with E-state index in [4.69, 9.17) is 9.29 Å². The van der Waals surface area contributed by atoms with Crippen LogP contribution in [0.2, 0.25) is 0 Å². The Morgan fingerprint density at radius 2 is 1.57 bits per heavy atom. The van der Waals surface area contributed by atoms with Gasteiger partial charge in [0, 0.05) is 13.2 Å². The molecule has 0 aromatic heterocycles. The highest BCUT2D eigenvalue weighted by molar-refractivity contribution is 7.85. The second-order valence-corrected chi connectivity index (χ2v) is 4.35. The van der Waals surface area contributed by atoms with Gasteiger partial charge in [0.2, 0.25) is 0 Å². The number of rotatable bonds is 6. The largest absolute Gasteiger partial charge is 0.382 e. The maximum atomic E-state index is 10.1. The fraction of sp³-hybridized carbons (Fsp3) is 1.00. The van der Waals surface area contributed by atoms with Gasteiger partial charge in [0.15, 0.2) is 0 Å². The van der Waals surface area contributed by atoms with E-state index in [0.29, 0.717) is 6.42 Å². The lowest BCUT2D eigenvalue weighted by Gasteiger charge is -1.92. The molecule has 0 aromatic carbocycles. The quantitative estimate of drug-likeness (QED) is 0.556. The molecule has 4 nitrogen and oxygen atoms in total. The molecular weight excluding hydrogens is 204 g/mol. The van der Waals surface area contributed by atoms with E-state index in [2.05, 4.69) is 0 Å². The number of hydrogen-bond acceptors (Lipinski definition) is 3. The van der Waals surface area contributed by atoms with Crippen LogP contribution in [0.5, 0.6) is 0 Å². The summed E-state index contributed by atoms with van der Waals surface area (Å²) in [6.07, 6.45) is 2.39. The second-order valence-electron chi connectivity index (χ2n) is 2.77. The van der Waals surface area contributed by atoms with E-state index in [1.165, 1.54) is 0 Å². The van der Waals surface area contributed by atoms with Crippen molar-refractivity contribution in [2.45, 2.75) is 40.0 Å². The Morgan fingerprint density at radius 1 is 1.07 bits per heavy atom. The summed E-state index contributed by atoms with van der Waals surface area (Å²) in [5.74, 6) is -0.0964. The average Bonchev–Trinajstić information content (AvgIpc) is 2.05. The zero-order chi connectivity index (χ0) is 11.4. The fourth-order valence-electron chi connectivity index (χ4n) is 0.739. The van der Waals surface area contributed by atoms with Crippen molar-refractivity contribution in [1.82, 2.24) is 0 Å². The van der Waals surface area contributed by atoms with Gasteiger partial charge in [0.25, 0.3) is 10.1 Å². The maximum Gasteiger partial charge on any atom is 0.264 e. The van der Waals surface area contributed by atoms with Crippen LogP contribution in [0, 0.1) is 0 Å². The molecular formula is C9H22O4S. The molecule has 0 fully saturated rings. The van der Waals surface area contributed by atoms with Gasteiger partial charge in [-0.05, 0) is 20.3 Å². The Morgan fingerprint density at radius 3 is 1.79 bits per heavy atom. The molecule has 0 saturated heterocycles. The number of unbranched alkanes of at least 4 members (excludes halogenated alkanes) is 2. The lowest BCUT2D eigenvalue weighted by molar-refractivity contribution is 0.162. The molecule has 0 unspecified atom stereocenters. The molecule has 0 saturated carbocycles. The molecule has 0 bridgehead atoms. The first kappa shape index (κ1) is 16.3. The van der Waals surface area contributed by atoms with Crippen molar-refractivity contribution in [3.05, 3.63) is 0 Å². The highest BCUT2D eigenvalue weighted by Gasteiger charge is 2.01. The van der Waals surface area contributed by atoms with Crippen molar-refractivity contribution in [3.8, 4) is 0 Å². The molecule has 0 heterocycles. The van der Waals surface area contributed by atoms with Gasteiger partial charge in [-0.25, -0.2) is 0 Å². The van der Waals surface area contributed by atoms with Gasteiger partial charge in [0.1, 0.15) is 0 Å². The minimum atomic E-state index is -3.70. The molecule has 0 radical (unpaired) electrons. The third-order valence-electron chi connectivity index (χ3n) is 1.41. The van der Waals surface area contributed by atoms with E-state index in [1.54, 1.807) is 0 Å². The minimum absolute atomic E-state index is 0.0964. The first-order valence-electron chi connectivity index (χ1n) is 5.00. The fourth-order valence-corrected chi connectivity index (χ4v) is 1.31. The van der Waals surface area contributed by atoms with E-state index in [9.17, 15) is 8.42 Å². The molecule has 0 aliphatic heterocycles. The van der Waals surface area contributed by atoms with Crippen LogP contribution in [-0.4, -0.2) is 31.9 Å². The van der Waals surface area contributed by atoms with Crippen molar-refractivity contribution in [2.75, 3.05) is 19.0 Å². The van der Waals surface area contributed by atoms with E-state index in [1.807, 2.05) is 20.8 Å². The molecule has 0 atom stereocenters. The SMILES string of the molecule is CCCCCS(=O)(=O)O.CCOCC. The van der Waals surface area contributed by atoms with E-state index in [-0.39, 0.29) is 5.75 Å². The Balaban J connectivity index is 0. The smallest absolute Gasteiger partial charge is 0.264 e. The highest BCUT2D eigenvalue weighted by atomic mass is 32.2. The highest BCUT2D eigenvalue weighted by Crippen LogP contribution is 1.96. The summed E-state index contributed by atoms with van der Waals surface area (Å²) in [6.45, 7) is 7.64. The molecule has 0 aliphatic carbocycles. The molecule has 5 heteroatoms. The Bertz CT molecular complexity index is 185. The molecule has 0 aromatic rings. The third-order valence-corrected chi connectivity index (χ3v) is 2.22. The molecule has 1 N–H and O–H groups in total. The Labute approximate surface area is 87.4 Å². The normalized spacial score (nSPS) is 10.6. The van der Waals surface area contributed by atoms with E-state index >= 15 is 0 Å². The summed E-state index contributed by atoms with van der Waals surface area (Å²) in [4.78, 5) is 0. The summed E-state index contributed by atoms with van der Waals surface area (Å²) < 4.78 is 33.2. The lowest BCUT2D eigenvalue weighted by atomic mass is 10.3. The maximum absolute atomic E-state index is 10.1. The number of ether oxygens (including phenoxy) is 1. The zero-order valence-electron chi connectivity index (χ0n) is 9.32. The Kier molecular flexibility index (Phi) is 12.8. The molecule has 0 spiro atoms. The first-order valence-corrected chi connectivity index (χ1v) is 6.61. The van der Waals surface area contributed by atoms with Gasteiger partial charge < -0.3 is 4.74 Å². The topological polar surface area (TPSA) is 63.6 Å². The summed E-state index contributed by atoms with van der Waals surface area (Å²) >= 11 is 0. The standard InChI is InChI=1S/C5H12O3S.C4H10O/c1-2-3-4-5-9(6,7)8;1-3-5-4-2/h2-5H2,1H3,(H,6,7,8);3-4H2,1-2H3. The van der Waals surface area contributed by atoms with Crippen LogP contribution < -0.4 is 0 Å². The molecule has 14 heavy (non-hydrogen) atoms. The van der Waals surface area contributed by atoms with Gasteiger partial charge in [-0.2, -0.15) is 8.42 Å². The van der Waals surface area contributed by atoms with Gasteiger partial charge >= 0.3 is 0 Å². The summed E-state index contributed by atoms with van der Waals surface area (Å²) in [6, 6.07) is 0. The third kappa shape index (κ3) is 22.6. The van der Waals surface area contributed by atoms with Crippen LogP contribution in [0.1, 0.15) is 40.0 Å². The first-order chi connectivity index (χ1) is 6.47. The zero-order valence-corrected chi connectivity index (χ0v) is 10.1. The molecule has 0 amide bonds. The summed E-state index contributed by atoms with van der Waals surface area (Å²) in [7, 11) is -3.70. The predicted molar refractivity (Wildman–Crippen MR) is 58.1 cm³/mol. The summed E-state index contributed by atoms with van der Waals surface area (Å²) in [5, 5.41) is 0. The van der Waals surface area contributed by atoms with Crippen LogP contribution in [0.25, 0.3) is 0 Å². The monoisotopic (exact) mass is 226 g/mol. The van der Waals surface area contributed by atoms with Crippen LogP contribution in [0.15, 0.2) is 0 Å². The second kappa shape index (κ2) is 10.9. The van der Waals surface area contributed by atoms with Gasteiger partial charge in [-0.3, -0.25) is 4.55 Å². The molecule has 0 aliphatic rings. The van der Waals surface area contributed by atoms with Gasteiger partial charge in [-0.15, -0.1) is 0 Å². The van der Waals surface area contributed by atoms with Gasteiger partial charge in [-0.1, -0.05) is 19.8 Å². The lowest BCUT2D eigenvalue weighted by Crippen LogP contribution is -2.02. The van der Waals surface area contributed by atoms with Crippen LogP contribution >= 0.6 is 0 Å². The van der Waals surface area contributed by atoms with E-state index in [0.717, 1.165) is 26.1 Å². The average molecular weight is 226 g/mol. The Hall–Kier alpha value is -0.130. The van der Waals surface area contributed by atoms with Crippen LogP contribution in [0.4, 0.5) is 0 Å². The minimum Gasteiger partial charge on any atom is -0.382 e. The van der Waals surface area contributed by atoms with Gasteiger partial charge in [0.05, 0.1) is 5.75 Å². The van der Waals surface area contributed by atoms with E-state index < -0.39 is 10.1 Å². The molecule has 88 valence electrons.